The summed E-state index contributed by atoms with van der Waals surface area (Å²) in [4.78, 5) is 6.29. The monoisotopic (exact) mass is 336 g/mol. The van der Waals surface area contributed by atoms with Crippen LogP contribution < -0.4 is 4.74 Å². The average Bonchev–Trinajstić information content (AvgIpc) is 3.14. The molecule has 2 heterocycles. The van der Waals surface area contributed by atoms with Gasteiger partial charge in [0.25, 0.3) is 0 Å². The summed E-state index contributed by atoms with van der Waals surface area (Å²) < 4.78 is 34.0. The van der Waals surface area contributed by atoms with Crippen molar-refractivity contribution in [3.63, 3.8) is 0 Å². The van der Waals surface area contributed by atoms with Crippen LogP contribution in [0.25, 0.3) is 11.3 Å². The molecule has 1 aliphatic heterocycles. The van der Waals surface area contributed by atoms with E-state index in [1.54, 1.807) is 13.3 Å². The molecule has 0 bridgehead atoms. The number of benzene rings is 1. The van der Waals surface area contributed by atoms with Crippen molar-refractivity contribution in [2.24, 2.45) is 0 Å². The summed E-state index contributed by atoms with van der Waals surface area (Å²) in [5.74, 6) is 2.55. The van der Waals surface area contributed by atoms with Crippen molar-refractivity contribution in [1.29, 1.82) is 0 Å². The highest BCUT2D eigenvalue weighted by atomic mass is 32.2. The molecule has 6 nitrogen and oxygen atoms in total. The largest absolute Gasteiger partial charge is 0.497 e. The predicted molar refractivity (Wildman–Crippen MR) is 87.0 cm³/mol. The number of hydrogen-bond acceptors (Lipinski definition) is 6. The number of nitrogens with zero attached hydrogens (tertiary/aromatic N) is 2. The summed E-state index contributed by atoms with van der Waals surface area (Å²) in [5.41, 5.74) is 0.927. The van der Waals surface area contributed by atoms with Crippen molar-refractivity contribution in [3.05, 3.63) is 36.4 Å². The second kappa shape index (κ2) is 6.33. The Labute approximate surface area is 136 Å². The van der Waals surface area contributed by atoms with Crippen LogP contribution in [0.15, 0.2) is 34.9 Å². The summed E-state index contributed by atoms with van der Waals surface area (Å²) in [7, 11) is 0.649. The molecule has 0 saturated carbocycles. The summed E-state index contributed by atoms with van der Waals surface area (Å²) in [6, 6.07) is 7.60. The SMILES string of the molecule is COc1ccc(-c2cnc(CN(C)[C@@H]3CCS(=O)(=O)C3)o2)cc1. The van der Waals surface area contributed by atoms with Gasteiger partial charge in [-0.2, -0.15) is 0 Å². The van der Waals surface area contributed by atoms with E-state index in [0.717, 1.165) is 11.3 Å². The zero-order valence-electron chi connectivity index (χ0n) is 13.2. The first kappa shape index (κ1) is 16.0. The van der Waals surface area contributed by atoms with Gasteiger partial charge in [-0.15, -0.1) is 0 Å². The molecule has 0 spiro atoms. The van der Waals surface area contributed by atoms with E-state index in [1.165, 1.54) is 0 Å². The maximum atomic E-state index is 11.6. The second-order valence-electron chi connectivity index (χ2n) is 5.82. The molecule has 23 heavy (non-hydrogen) atoms. The van der Waals surface area contributed by atoms with Crippen LogP contribution in [0.3, 0.4) is 0 Å². The quantitative estimate of drug-likeness (QED) is 0.831. The van der Waals surface area contributed by atoms with Gasteiger partial charge in [0, 0.05) is 11.6 Å². The van der Waals surface area contributed by atoms with Gasteiger partial charge >= 0.3 is 0 Å². The molecule has 2 aromatic rings. The van der Waals surface area contributed by atoms with Gasteiger partial charge < -0.3 is 9.15 Å². The van der Waals surface area contributed by atoms with E-state index in [2.05, 4.69) is 4.98 Å². The van der Waals surface area contributed by atoms with Gasteiger partial charge in [-0.3, -0.25) is 4.90 Å². The van der Waals surface area contributed by atoms with Crippen molar-refractivity contribution in [2.45, 2.75) is 19.0 Å². The van der Waals surface area contributed by atoms with Crippen molar-refractivity contribution >= 4 is 9.84 Å². The third kappa shape index (κ3) is 3.73. The van der Waals surface area contributed by atoms with Gasteiger partial charge in [0.1, 0.15) is 5.75 Å². The van der Waals surface area contributed by atoms with E-state index in [0.29, 0.717) is 24.6 Å². The molecule has 124 valence electrons. The molecule has 1 saturated heterocycles. The van der Waals surface area contributed by atoms with E-state index < -0.39 is 9.84 Å². The normalized spacial score (nSPS) is 20.0. The molecule has 0 aliphatic carbocycles. The van der Waals surface area contributed by atoms with Crippen molar-refractivity contribution in [1.82, 2.24) is 9.88 Å². The van der Waals surface area contributed by atoms with Crippen molar-refractivity contribution in [3.8, 4) is 17.1 Å². The summed E-state index contributed by atoms with van der Waals surface area (Å²) in [6.07, 6.45) is 2.36. The fraction of sp³-hybridized carbons (Fsp3) is 0.438. The lowest BCUT2D eigenvalue weighted by molar-refractivity contribution is 0.230. The standard InChI is InChI=1S/C16H20N2O4S/c1-18(13-7-8-23(19,20)11-13)10-16-17-9-15(22-16)12-3-5-14(21-2)6-4-12/h3-6,9,13H,7-8,10-11H2,1-2H3/t13-/m1/s1. The van der Waals surface area contributed by atoms with Crippen LogP contribution in [-0.4, -0.2) is 50.0 Å². The van der Waals surface area contributed by atoms with Crippen molar-refractivity contribution in [2.75, 3.05) is 25.7 Å². The smallest absolute Gasteiger partial charge is 0.209 e. The third-order valence-corrected chi connectivity index (χ3v) is 5.89. The molecule has 7 heteroatoms. The van der Waals surface area contributed by atoms with Crippen LogP contribution in [0.5, 0.6) is 5.75 Å². The van der Waals surface area contributed by atoms with Crippen LogP contribution in [0.4, 0.5) is 0 Å². The lowest BCUT2D eigenvalue weighted by Crippen LogP contribution is -2.32. The molecule has 0 unspecified atom stereocenters. The zero-order valence-corrected chi connectivity index (χ0v) is 14.0. The predicted octanol–water partition coefficient (Wildman–Crippen LogP) is 1.97. The molecule has 1 aromatic heterocycles. The average molecular weight is 336 g/mol. The first-order chi connectivity index (χ1) is 11.0. The van der Waals surface area contributed by atoms with E-state index in [9.17, 15) is 8.42 Å². The molecule has 1 aliphatic rings. The Hall–Kier alpha value is -1.86. The summed E-state index contributed by atoms with van der Waals surface area (Å²) >= 11 is 0. The molecular formula is C16H20N2O4S. The van der Waals surface area contributed by atoms with Crippen LogP contribution in [-0.2, 0) is 16.4 Å². The van der Waals surface area contributed by atoms with Crippen LogP contribution >= 0.6 is 0 Å². The molecule has 1 atom stereocenters. The van der Waals surface area contributed by atoms with Gasteiger partial charge in [0.05, 0.1) is 31.4 Å². The van der Waals surface area contributed by atoms with Gasteiger partial charge in [0.15, 0.2) is 15.6 Å². The van der Waals surface area contributed by atoms with Gasteiger partial charge in [-0.05, 0) is 37.7 Å². The minimum atomic E-state index is -2.88. The molecule has 1 aromatic carbocycles. The Kier molecular flexibility index (Phi) is 4.41. The number of sulfone groups is 1. The van der Waals surface area contributed by atoms with E-state index in [-0.39, 0.29) is 17.5 Å². The number of oxazole rings is 1. The Bertz CT molecular complexity index is 768. The molecule has 1 fully saturated rings. The lowest BCUT2D eigenvalue weighted by Gasteiger charge is -2.20. The number of aromatic nitrogens is 1. The maximum Gasteiger partial charge on any atom is 0.209 e. The third-order valence-electron chi connectivity index (χ3n) is 4.14. The Morgan fingerprint density at radius 3 is 2.70 bits per heavy atom. The summed E-state index contributed by atoms with van der Waals surface area (Å²) in [6.45, 7) is 0.496. The number of methoxy groups -OCH3 is 1. The highest BCUT2D eigenvalue weighted by molar-refractivity contribution is 7.91. The van der Waals surface area contributed by atoms with E-state index >= 15 is 0 Å². The van der Waals surface area contributed by atoms with Gasteiger partial charge in [0.2, 0.25) is 5.89 Å². The zero-order chi connectivity index (χ0) is 16.4. The van der Waals surface area contributed by atoms with E-state index in [1.807, 2.05) is 36.2 Å². The highest BCUT2D eigenvalue weighted by Gasteiger charge is 2.31. The number of ether oxygens (including phenoxy) is 1. The minimum Gasteiger partial charge on any atom is -0.497 e. The first-order valence-electron chi connectivity index (χ1n) is 7.46. The van der Waals surface area contributed by atoms with Crippen LogP contribution in [0.1, 0.15) is 12.3 Å². The Morgan fingerprint density at radius 2 is 2.09 bits per heavy atom. The minimum absolute atomic E-state index is 0.0383. The fourth-order valence-electron chi connectivity index (χ4n) is 2.74. The summed E-state index contributed by atoms with van der Waals surface area (Å²) in [5, 5.41) is 0. The fourth-order valence-corrected chi connectivity index (χ4v) is 4.54. The number of hydrogen-bond donors (Lipinski definition) is 0. The van der Waals surface area contributed by atoms with Crippen LogP contribution in [0.2, 0.25) is 0 Å². The van der Waals surface area contributed by atoms with Gasteiger partial charge in [-0.25, -0.2) is 13.4 Å². The molecular weight excluding hydrogens is 316 g/mol. The molecule has 0 amide bonds. The maximum absolute atomic E-state index is 11.6. The van der Waals surface area contributed by atoms with Crippen molar-refractivity contribution < 1.29 is 17.6 Å². The lowest BCUT2D eigenvalue weighted by atomic mass is 10.2. The van der Waals surface area contributed by atoms with Gasteiger partial charge in [-0.1, -0.05) is 0 Å². The highest BCUT2D eigenvalue weighted by Crippen LogP contribution is 2.24. The Morgan fingerprint density at radius 1 is 1.35 bits per heavy atom. The topological polar surface area (TPSA) is 72.6 Å². The molecule has 0 radical (unpaired) electrons. The van der Waals surface area contributed by atoms with E-state index in [4.69, 9.17) is 9.15 Å². The van der Waals surface area contributed by atoms with Crippen LogP contribution in [0, 0.1) is 0 Å². The molecule has 0 N–H and O–H groups in total. The number of rotatable bonds is 5. The first-order valence-corrected chi connectivity index (χ1v) is 9.29. The second-order valence-corrected chi connectivity index (χ2v) is 8.05. The Balaban J connectivity index is 1.67. The molecule has 3 rings (SSSR count).